The van der Waals surface area contributed by atoms with E-state index < -0.39 is 0 Å². The van der Waals surface area contributed by atoms with E-state index in [1.54, 1.807) is 25.3 Å². The molecular formula is C36H54O4S. The number of hydrogen-bond donors (Lipinski definition) is 0. The molecule has 0 fully saturated rings. The standard InChI is InChI=1S/C36H54O4S/c1-5-6-7-8-9-10-11-12-13-14-15-16-17-18-19-20-27-41-32-24-21-30(22-25-32)23-26-33(37)36-34(39-3)28-31(38-2)29-35(36)40-4/h21-26,28-29H,5-20,27H2,1-4H3/b26-23+. The Balaban J connectivity index is 1.56. The molecule has 0 radical (unpaired) electrons. The van der Waals surface area contributed by atoms with E-state index in [1.807, 2.05) is 17.8 Å². The van der Waals surface area contributed by atoms with Gasteiger partial charge >= 0.3 is 0 Å². The average molecular weight is 583 g/mol. The van der Waals surface area contributed by atoms with E-state index in [2.05, 4.69) is 31.2 Å². The van der Waals surface area contributed by atoms with Crippen molar-refractivity contribution in [1.82, 2.24) is 0 Å². The van der Waals surface area contributed by atoms with Gasteiger partial charge in [0.15, 0.2) is 5.78 Å². The molecule has 0 aliphatic heterocycles. The van der Waals surface area contributed by atoms with Crippen LogP contribution in [0.2, 0.25) is 0 Å². The van der Waals surface area contributed by atoms with Crippen molar-refractivity contribution in [3.05, 3.63) is 53.6 Å². The van der Waals surface area contributed by atoms with Gasteiger partial charge in [-0.1, -0.05) is 121 Å². The van der Waals surface area contributed by atoms with Gasteiger partial charge in [0.2, 0.25) is 0 Å². The van der Waals surface area contributed by atoms with Crippen LogP contribution < -0.4 is 14.2 Å². The van der Waals surface area contributed by atoms with Crippen LogP contribution in [0, 0.1) is 0 Å². The minimum absolute atomic E-state index is 0.177. The van der Waals surface area contributed by atoms with Crippen molar-refractivity contribution in [3.63, 3.8) is 0 Å². The predicted molar refractivity (Wildman–Crippen MR) is 176 cm³/mol. The summed E-state index contributed by atoms with van der Waals surface area (Å²) in [7, 11) is 4.63. The first-order valence-electron chi connectivity index (χ1n) is 15.9. The van der Waals surface area contributed by atoms with Gasteiger partial charge in [-0.05, 0) is 35.9 Å². The van der Waals surface area contributed by atoms with Crippen molar-refractivity contribution in [2.24, 2.45) is 0 Å². The number of carbonyl (C=O) groups excluding carboxylic acids is 1. The third-order valence-corrected chi connectivity index (χ3v) is 8.63. The highest BCUT2D eigenvalue weighted by Gasteiger charge is 2.18. The molecule has 0 bridgehead atoms. The molecule has 4 nitrogen and oxygen atoms in total. The van der Waals surface area contributed by atoms with E-state index in [0.29, 0.717) is 22.8 Å². The van der Waals surface area contributed by atoms with Crippen LogP contribution in [-0.2, 0) is 0 Å². The highest BCUT2D eigenvalue weighted by Crippen LogP contribution is 2.34. The molecule has 0 amide bonds. The van der Waals surface area contributed by atoms with Crippen LogP contribution in [0.4, 0.5) is 0 Å². The number of hydrogen-bond acceptors (Lipinski definition) is 5. The summed E-state index contributed by atoms with van der Waals surface area (Å²) in [6, 6.07) is 11.8. The van der Waals surface area contributed by atoms with Crippen LogP contribution in [0.5, 0.6) is 17.2 Å². The summed E-state index contributed by atoms with van der Waals surface area (Å²) >= 11 is 1.91. The van der Waals surface area contributed by atoms with Crippen molar-refractivity contribution < 1.29 is 19.0 Å². The Bertz CT molecular complexity index is 974. The molecule has 0 aliphatic carbocycles. The second-order valence-corrected chi connectivity index (χ2v) is 12.0. The van der Waals surface area contributed by atoms with Gasteiger partial charge in [0.05, 0.1) is 21.3 Å². The topological polar surface area (TPSA) is 44.8 Å². The Kier molecular flexibility index (Phi) is 18.9. The second-order valence-electron chi connectivity index (χ2n) is 10.8. The first-order chi connectivity index (χ1) is 20.1. The smallest absolute Gasteiger partial charge is 0.193 e. The molecule has 0 atom stereocenters. The fourth-order valence-corrected chi connectivity index (χ4v) is 5.93. The third-order valence-electron chi connectivity index (χ3n) is 7.54. The summed E-state index contributed by atoms with van der Waals surface area (Å²) in [6.45, 7) is 2.29. The predicted octanol–water partition coefficient (Wildman–Crippen LogP) is 11.0. The van der Waals surface area contributed by atoms with Crippen molar-refractivity contribution in [2.75, 3.05) is 27.1 Å². The van der Waals surface area contributed by atoms with Crippen molar-refractivity contribution >= 4 is 23.6 Å². The summed E-state index contributed by atoms with van der Waals surface area (Å²) in [4.78, 5) is 14.2. The Morgan fingerprint density at radius 2 is 1.12 bits per heavy atom. The molecule has 2 aromatic carbocycles. The van der Waals surface area contributed by atoms with E-state index in [9.17, 15) is 4.79 Å². The number of rotatable bonds is 24. The van der Waals surface area contributed by atoms with Crippen LogP contribution in [0.1, 0.15) is 126 Å². The van der Waals surface area contributed by atoms with E-state index in [1.165, 1.54) is 122 Å². The zero-order chi connectivity index (χ0) is 29.5. The van der Waals surface area contributed by atoms with E-state index in [4.69, 9.17) is 14.2 Å². The van der Waals surface area contributed by atoms with Gasteiger partial charge in [0.25, 0.3) is 0 Å². The maximum Gasteiger partial charge on any atom is 0.193 e. The maximum atomic E-state index is 12.9. The minimum atomic E-state index is -0.177. The lowest BCUT2D eigenvalue weighted by Crippen LogP contribution is -2.03. The van der Waals surface area contributed by atoms with Crippen LogP contribution in [0.25, 0.3) is 6.08 Å². The number of methoxy groups -OCH3 is 3. The number of ether oxygens (including phenoxy) is 3. The van der Waals surface area contributed by atoms with Gasteiger partial charge < -0.3 is 14.2 Å². The molecule has 0 saturated carbocycles. The van der Waals surface area contributed by atoms with Crippen molar-refractivity contribution in [3.8, 4) is 17.2 Å². The minimum Gasteiger partial charge on any atom is -0.496 e. The molecule has 41 heavy (non-hydrogen) atoms. The Morgan fingerprint density at radius 3 is 1.56 bits per heavy atom. The Hall–Kier alpha value is -2.40. The lowest BCUT2D eigenvalue weighted by Gasteiger charge is -2.13. The lowest BCUT2D eigenvalue weighted by molar-refractivity contribution is 0.104. The summed E-state index contributed by atoms with van der Waals surface area (Å²) in [5.74, 6) is 2.41. The zero-order valence-electron chi connectivity index (χ0n) is 26.2. The summed E-state index contributed by atoms with van der Waals surface area (Å²) < 4.78 is 16.1. The van der Waals surface area contributed by atoms with E-state index >= 15 is 0 Å². The summed E-state index contributed by atoms with van der Waals surface area (Å²) in [5.41, 5.74) is 1.37. The van der Waals surface area contributed by atoms with Crippen LogP contribution in [-0.4, -0.2) is 32.9 Å². The van der Waals surface area contributed by atoms with Crippen molar-refractivity contribution in [2.45, 2.75) is 115 Å². The third kappa shape index (κ3) is 14.4. The monoisotopic (exact) mass is 582 g/mol. The first kappa shape index (κ1) is 34.8. The molecule has 2 rings (SSSR count). The summed E-state index contributed by atoms with van der Waals surface area (Å²) in [5, 5.41) is 0. The molecule has 0 N–H and O–H groups in total. The number of thioether (sulfide) groups is 1. The first-order valence-corrected chi connectivity index (χ1v) is 16.9. The van der Waals surface area contributed by atoms with Gasteiger partial charge in [0, 0.05) is 17.0 Å². The quantitative estimate of drug-likeness (QED) is 0.0533. The molecule has 0 heterocycles. The molecule has 228 valence electrons. The normalized spacial score (nSPS) is 11.2. The Labute approximate surface area is 254 Å². The van der Waals surface area contributed by atoms with Crippen molar-refractivity contribution in [1.29, 1.82) is 0 Å². The lowest BCUT2D eigenvalue weighted by atomic mass is 10.0. The molecule has 2 aromatic rings. The molecular weight excluding hydrogens is 528 g/mol. The number of unbranched alkanes of at least 4 members (excludes halogenated alkanes) is 15. The van der Waals surface area contributed by atoms with Gasteiger partial charge in [-0.15, -0.1) is 11.8 Å². The van der Waals surface area contributed by atoms with Crippen LogP contribution >= 0.6 is 11.8 Å². The number of allylic oxidation sites excluding steroid dienone is 1. The molecule has 0 aliphatic rings. The maximum absolute atomic E-state index is 12.9. The van der Waals surface area contributed by atoms with E-state index in [0.717, 1.165) is 11.3 Å². The zero-order valence-corrected chi connectivity index (χ0v) is 27.0. The number of carbonyl (C=O) groups is 1. The SMILES string of the molecule is CCCCCCCCCCCCCCCCCCSc1ccc(/C=C/C(=O)c2c(OC)cc(OC)cc2OC)cc1. The van der Waals surface area contributed by atoms with E-state index in [-0.39, 0.29) is 5.78 Å². The fraction of sp³-hybridized carbons (Fsp3) is 0.583. The molecule has 0 saturated heterocycles. The highest BCUT2D eigenvalue weighted by molar-refractivity contribution is 7.99. The van der Waals surface area contributed by atoms with Gasteiger partial charge in [0.1, 0.15) is 22.8 Å². The second kappa shape index (κ2) is 22.2. The molecule has 0 aromatic heterocycles. The fourth-order valence-electron chi connectivity index (χ4n) is 5.02. The molecule has 5 heteroatoms. The summed E-state index contributed by atoms with van der Waals surface area (Å²) in [6.07, 6.45) is 25.8. The molecule has 0 unspecified atom stereocenters. The Morgan fingerprint density at radius 1 is 0.659 bits per heavy atom. The van der Waals surface area contributed by atoms with Gasteiger partial charge in [-0.25, -0.2) is 0 Å². The van der Waals surface area contributed by atoms with Gasteiger partial charge in [-0.2, -0.15) is 0 Å². The van der Waals surface area contributed by atoms with Gasteiger partial charge in [-0.3, -0.25) is 4.79 Å². The largest absolute Gasteiger partial charge is 0.496 e. The molecule has 0 spiro atoms. The highest BCUT2D eigenvalue weighted by atomic mass is 32.2. The number of benzene rings is 2. The number of ketones is 1. The van der Waals surface area contributed by atoms with Crippen LogP contribution in [0.15, 0.2) is 47.4 Å². The van der Waals surface area contributed by atoms with Crippen LogP contribution in [0.3, 0.4) is 0 Å². The average Bonchev–Trinajstić information content (AvgIpc) is 3.01.